The van der Waals surface area contributed by atoms with Crippen LogP contribution in [-0.2, 0) is 40.2 Å². The number of hydrogen-bond donors (Lipinski definition) is 1. The Morgan fingerprint density at radius 3 is 2.35 bits per heavy atom. The number of rotatable bonds is 12. The maximum absolute atomic E-state index is 12.7. The van der Waals surface area contributed by atoms with Crippen LogP contribution < -0.4 is 10.1 Å². The van der Waals surface area contributed by atoms with Crippen LogP contribution in [0.5, 0.6) is 0 Å². The Balaban J connectivity index is 1.80. The average molecular weight is 612 g/mol. The zero-order chi connectivity index (χ0) is 29.4. The number of thiophene rings is 1. The van der Waals surface area contributed by atoms with Crippen molar-refractivity contribution in [1.29, 1.82) is 0 Å². The van der Waals surface area contributed by atoms with Crippen LogP contribution in [0.25, 0.3) is 10.2 Å². The van der Waals surface area contributed by atoms with Gasteiger partial charge in [-0.15, -0.1) is 11.3 Å². The molecule has 0 atom stereocenters. The first kappa shape index (κ1) is 31.1. The van der Waals surface area contributed by atoms with E-state index in [1.165, 1.54) is 18.3 Å². The predicted octanol–water partition coefficient (Wildman–Crippen LogP) is 2.55. The second-order valence-electron chi connectivity index (χ2n) is 8.28. The summed E-state index contributed by atoms with van der Waals surface area (Å²) < 4.78 is 43.2. The molecule has 0 aliphatic rings. The van der Waals surface area contributed by atoms with Gasteiger partial charge in [0, 0.05) is 13.7 Å². The number of benzene rings is 1. The van der Waals surface area contributed by atoms with Crippen LogP contribution >= 0.6 is 22.7 Å². The lowest BCUT2D eigenvalue weighted by Crippen LogP contribution is -2.28. The molecule has 0 bridgehead atoms. The molecule has 0 unspecified atom stereocenters. The number of esters is 2. The summed E-state index contributed by atoms with van der Waals surface area (Å²) in [4.78, 5) is 54.6. The van der Waals surface area contributed by atoms with E-state index in [0.29, 0.717) is 18.0 Å². The minimum atomic E-state index is -4.24. The molecule has 0 radical (unpaired) electrons. The van der Waals surface area contributed by atoms with E-state index in [2.05, 4.69) is 10.3 Å². The van der Waals surface area contributed by atoms with Gasteiger partial charge >= 0.3 is 11.9 Å². The van der Waals surface area contributed by atoms with E-state index in [4.69, 9.17) is 14.2 Å². The van der Waals surface area contributed by atoms with Crippen LogP contribution in [0.1, 0.15) is 39.4 Å². The lowest BCUT2D eigenvalue weighted by atomic mass is 10.1. The van der Waals surface area contributed by atoms with Crippen LogP contribution in [0.4, 0.5) is 5.00 Å². The van der Waals surface area contributed by atoms with Gasteiger partial charge in [0.1, 0.15) is 21.4 Å². The standard InChI is InChI=1S/C25H29N3O9S3/c1-5-36-23(31)20-15(3)21(24(32)37-6-2)39-22(20)26-18(29)13-40(33,34)14-19(30)27-25-28(11-12-35-4)16-9-7-8-10-17(16)38-25/h7-10H,5-6,11-14H2,1-4H3,(H,26,29). The third kappa shape index (κ3) is 7.62. The molecule has 216 valence electrons. The number of amides is 2. The van der Waals surface area contributed by atoms with Crippen LogP contribution in [0, 0.1) is 6.92 Å². The summed E-state index contributed by atoms with van der Waals surface area (Å²) in [6.45, 7) is 5.60. The molecule has 0 saturated heterocycles. The Bertz CT molecular complexity index is 1600. The summed E-state index contributed by atoms with van der Waals surface area (Å²) in [5.41, 5.74) is 0.986. The highest BCUT2D eigenvalue weighted by Crippen LogP contribution is 2.34. The number of anilines is 1. The van der Waals surface area contributed by atoms with Gasteiger partial charge in [0.15, 0.2) is 14.6 Å². The zero-order valence-corrected chi connectivity index (χ0v) is 24.8. The molecule has 2 heterocycles. The van der Waals surface area contributed by atoms with E-state index < -0.39 is 45.1 Å². The Morgan fingerprint density at radius 2 is 1.68 bits per heavy atom. The van der Waals surface area contributed by atoms with Crippen molar-refractivity contribution in [1.82, 2.24) is 4.57 Å². The number of nitrogens with one attached hydrogen (secondary N) is 1. The molecule has 0 spiro atoms. The molecule has 2 aromatic heterocycles. The van der Waals surface area contributed by atoms with Gasteiger partial charge in [-0.3, -0.25) is 9.59 Å². The van der Waals surface area contributed by atoms with Crippen molar-refractivity contribution in [3.63, 3.8) is 0 Å². The summed E-state index contributed by atoms with van der Waals surface area (Å²) in [5.74, 6) is -5.45. The minimum absolute atomic E-state index is 0.0432. The number of fused-ring (bicyclic) bond motifs is 1. The molecular weight excluding hydrogens is 582 g/mol. The zero-order valence-electron chi connectivity index (χ0n) is 22.3. The highest BCUT2D eigenvalue weighted by molar-refractivity contribution is 7.92. The van der Waals surface area contributed by atoms with Crippen LogP contribution in [0.15, 0.2) is 29.3 Å². The quantitative estimate of drug-likeness (QED) is 0.304. The summed E-state index contributed by atoms with van der Waals surface area (Å²) in [6.07, 6.45) is 0. The van der Waals surface area contributed by atoms with Crippen LogP contribution in [0.3, 0.4) is 0 Å². The molecular formula is C25H29N3O9S3. The number of carbonyl (C=O) groups is 4. The smallest absolute Gasteiger partial charge is 0.348 e. The van der Waals surface area contributed by atoms with E-state index in [-0.39, 0.29) is 34.2 Å². The molecule has 0 fully saturated rings. The van der Waals surface area contributed by atoms with Crippen LogP contribution in [0.2, 0.25) is 0 Å². The molecule has 15 heteroatoms. The van der Waals surface area contributed by atoms with E-state index in [0.717, 1.165) is 21.6 Å². The van der Waals surface area contributed by atoms with Gasteiger partial charge in [-0.05, 0) is 38.5 Å². The maximum Gasteiger partial charge on any atom is 0.348 e. The maximum atomic E-state index is 12.7. The second kappa shape index (κ2) is 13.8. The van der Waals surface area contributed by atoms with E-state index in [1.54, 1.807) is 25.5 Å². The number of aromatic nitrogens is 1. The van der Waals surface area contributed by atoms with E-state index >= 15 is 0 Å². The summed E-state index contributed by atoms with van der Waals surface area (Å²) in [5, 5.41) is 2.32. The third-order valence-corrected chi connectivity index (χ3v) is 9.00. The molecule has 1 aromatic carbocycles. The number of sulfone groups is 1. The largest absolute Gasteiger partial charge is 0.462 e. The van der Waals surface area contributed by atoms with Gasteiger partial charge < -0.3 is 24.1 Å². The molecule has 0 saturated carbocycles. The van der Waals surface area contributed by atoms with Gasteiger partial charge in [-0.2, -0.15) is 4.99 Å². The van der Waals surface area contributed by atoms with Crippen molar-refractivity contribution in [2.75, 3.05) is 43.8 Å². The summed E-state index contributed by atoms with van der Waals surface area (Å²) in [7, 11) is -2.70. The molecule has 40 heavy (non-hydrogen) atoms. The van der Waals surface area contributed by atoms with Crippen molar-refractivity contribution in [3.05, 3.63) is 45.1 Å². The number of para-hydroxylation sites is 1. The third-order valence-electron chi connectivity index (χ3n) is 5.36. The lowest BCUT2D eigenvalue weighted by molar-refractivity contribution is -0.115. The number of ether oxygens (including phenoxy) is 3. The Hall–Kier alpha value is -3.40. The van der Waals surface area contributed by atoms with Crippen molar-refractivity contribution in [3.8, 4) is 0 Å². The SMILES string of the molecule is CCOC(=O)c1sc(NC(=O)CS(=O)(=O)CC(=O)N=c2sc3ccccc3n2CCOC)c(C(=O)OCC)c1C. The molecule has 2 amide bonds. The normalized spacial score (nSPS) is 11.9. The highest BCUT2D eigenvalue weighted by atomic mass is 32.2. The number of hydrogen-bond acceptors (Lipinski definition) is 11. The lowest BCUT2D eigenvalue weighted by Gasteiger charge is -2.07. The topological polar surface area (TPSA) is 159 Å². The molecule has 0 aliphatic carbocycles. The number of carbonyl (C=O) groups excluding carboxylic acids is 4. The minimum Gasteiger partial charge on any atom is -0.462 e. The molecule has 0 aliphatic heterocycles. The predicted molar refractivity (Wildman–Crippen MR) is 151 cm³/mol. The van der Waals surface area contributed by atoms with Gasteiger partial charge in [0.25, 0.3) is 5.91 Å². The summed E-state index contributed by atoms with van der Waals surface area (Å²) >= 11 is 2.00. The number of nitrogens with zero attached hydrogens (tertiary/aromatic N) is 2. The van der Waals surface area contributed by atoms with Gasteiger partial charge in [0.05, 0.1) is 35.6 Å². The van der Waals surface area contributed by atoms with E-state index in [1.807, 2.05) is 24.3 Å². The number of thiazole rings is 1. The van der Waals surface area contributed by atoms with Gasteiger partial charge in [0.2, 0.25) is 5.91 Å². The van der Waals surface area contributed by atoms with Crippen LogP contribution in [-0.4, -0.2) is 75.2 Å². The van der Waals surface area contributed by atoms with Crippen molar-refractivity contribution < 1.29 is 41.8 Å². The Labute approximate surface area is 238 Å². The molecule has 1 N–H and O–H groups in total. The molecule has 3 aromatic rings. The average Bonchev–Trinajstić information content (AvgIpc) is 3.38. The van der Waals surface area contributed by atoms with E-state index in [9.17, 15) is 27.6 Å². The fourth-order valence-electron chi connectivity index (χ4n) is 3.69. The monoisotopic (exact) mass is 611 g/mol. The summed E-state index contributed by atoms with van der Waals surface area (Å²) in [6, 6.07) is 7.39. The van der Waals surface area contributed by atoms with Gasteiger partial charge in [-0.25, -0.2) is 18.0 Å². The molecule has 3 rings (SSSR count). The second-order valence-corrected chi connectivity index (χ2v) is 12.4. The van der Waals surface area contributed by atoms with Gasteiger partial charge in [-0.1, -0.05) is 23.5 Å². The fourth-order valence-corrected chi connectivity index (χ4v) is 6.88. The fraction of sp³-hybridized carbons (Fsp3) is 0.400. The highest BCUT2D eigenvalue weighted by Gasteiger charge is 2.29. The Morgan fingerprint density at radius 1 is 1.00 bits per heavy atom. The molecule has 12 nitrogen and oxygen atoms in total. The first-order valence-corrected chi connectivity index (χ1v) is 15.6. The van der Waals surface area contributed by atoms with Crippen molar-refractivity contribution in [2.45, 2.75) is 27.3 Å². The first-order chi connectivity index (χ1) is 19.0. The number of methoxy groups -OCH3 is 1. The van der Waals surface area contributed by atoms with Crippen molar-refractivity contribution >= 4 is 71.5 Å². The first-order valence-electron chi connectivity index (χ1n) is 12.1. The van der Waals surface area contributed by atoms with Crippen molar-refractivity contribution in [2.24, 2.45) is 4.99 Å². The Kier molecular flexibility index (Phi) is 10.7.